The number of benzene rings is 1. The Bertz CT molecular complexity index is 686. The van der Waals surface area contributed by atoms with E-state index in [1.54, 1.807) is 31.2 Å². The van der Waals surface area contributed by atoms with Crippen molar-refractivity contribution in [2.45, 2.75) is 175 Å². The summed E-state index contributed by atoms with van der Waals surface area (Å²) in [6, 6.07) is 6.40. The third kappa shape index (κ3) is 57.4. The highest BCUT2D eigenvalue weighted by molar-refractivity contribution is 5.89. The molecule has 0 bridgehead atoms. The van der Waals surface area contributed by atoms with Gasteiger partial charge in [0.05, 0.1) is 23.9 Å². The number of carbonyl (C=O) groups excluding carboxylic acids is 3. The first kappa shape index (κ1) is 90.1. The second kappa shape index (κ2) is 56.9. The molecule has 0 aliphatic heterocycles. The predicted octanol–water partition coefficient (Wildman–Crippen LogP) is 12.5. The molecule has 8 nitrogen and oxygen atoms in total. The van der Waals surface area contributed by atoms with Crippen LogP contribution < -0.4 is 4.74 Å². The maximum Gasteiger partial charge on any atom is 0.338 e. The lowest BCUT2D eigenvalue weighted by Crippen LogP contribution is -2.14. The molecule has 1 N–H and O–H groups in total. The molecule has 1 rings (SSSR count). The molecule has 1 aromatic rings. The Morgan fingerprint density at radius 1 is 0.711 bits per heavy atom. The highest BCUT2D eigenvalue weighted by Crippen LogP contribution is 2.14. The number of aliphatic hydroxyl groups is 1. The molecule has 0 aliphatic rings. The first-order valence-corrected chi connectivity index (χ1v) is 11.1. The van der Waals surface area contributed by atoms with E-state index in [4.69, 9.17) is 19.3 Å². The van der Waals surface area contributed by atoms with Gasteiger partial charge in [0.2, 0.25) is 6.79 Å². The van der Waals surface area contributed by atoms with Crippen molar-refractivity contribution in [1.29, 1.82) is 0 Å². The topological polar surface area (TPSA) is 108 Å². The summed E-state index contributed by atoms with van der Waals surface area (Å²) in [5, 5.41) is 8.36. The lowest BCUT2D eigenvalue weighted by atomic mass is 10.2. The summed E-state index contributed by atoms with van der Waals surface area (Å²) in [6.07, 6.45) is 3.41. The molecule has 0 radical (unpaired) electrons. The molecule has 0 aromatic heterocycles. The van der Waals surface area contributed by atoms with Crippen molar-refractivity contribution < 1.29 is 38.4 Å². The van der Waals surface area contributed by atoms with Crippen LogP contribution in [0.4, 0.5) is 0 Å². The van der Waals surface area contributed by atoms with Crippen molar-refractivity contribution in [1.82, 2.24) is 0 Å². The third-order valence-corrected chi connectivity index (χ3v) is 4.10. The molecular weight excluding hydrogens is 572 g/mol. The summed E-state index contributed by atoms with van der Waals surface area (Å²) in [5.74, 6) is -0.635. The van der Waals surface area contributed by atoms with E-state index in [1.807, 2.05) is 34.6 Å². The van der Waals surface area contributed by atoms with Gasteiger partial charge in [0, 0.05) is 13.0 Å². The van der Waals surface area contributed by atoms with Crippen molar-refractivity contribution in [3.05, 3.63) is 42.5 Å². The fourth-order valence-electron chi connectivity index (χ4n) is 1.60. The Labute approximate surface area is 286 Å². The number of hydrogen-bond donors (Lipinski definition) is 1. The molecule has 1 aromatic carbocycles. The van der Waals surface area contributed by atoms with Crippen LogP contribution in [0.25, 0.3) is 0 Å². The van der Waals surface area contributed by atoms with E-state index in [0.29, 0.717) is 11.3 Å². The standard InChI is InChI=1S/C15H18O5.C6H12O2.C4H10O.12CH4/c1-4-11(3)20-15(17)12-6-8-13(9-7-12)18-10-19-14(16)5-2;1-4-5(2)8-6(3)7;1-3-4(2)5;;;;;;;;;;;;/h5-9,11H,2,4,10H2,1,3H3;5H,4H2,1-3H3;4-5H,3H2,1-2H3;12*1H4. The molecule has 45 heavy (non-hydrogen) atoms. The van der Waals surface area contributed by atoms with E-state index < -0.39 is 5.97 Å². The van der Waals surface area contributed by atoms with Gasteiger partial charge >= 0.3 is 17.9 Å². The van der Waals surface area contributed by atoms with E-state index in [2.05, 4.69) is 11.3 Å². The van der Waals surface area contributed by atoms with E-state index in [-0.39, 0.29) is 126 Å². The molecule has 3 unspecified atom stereocenters. The molecule has 0 fully saturated rings. The average molecular weight is 661 g/mol. The minimum absolute atomic E-state index is 0. The normalized spacial score (nSPS) is 8.98. The predicted molar refractivity (Wildman–Crippen MR) is 208 cm³/mol. The molecular formula is C37H88O8. The fourth-order valence-corrected chi connectivity index (χ4v) is 1.60. The molecule has 0 saturated heterocycles. The van der Waals surface area contributed by atoms with Gasteiger partial charge < -0.3 is 24.1 Å². The van der Waals surface area contributed by atoms with E-state index in [0.717, 1.165) is 25.3 Å². The van der Waals surface area contributed by atoms with Gasteiger partial charge in [-0.15, -0.1) is 0 Å². The van der Waals surface area contributed by atoms with Gasteiger partial charge in [0.25, 0.3) is 0 Å². The number of esters is 3. The minimum atomic E-state index is -0.557. The number of carbonyl (C=O) groups is 3. The van der Waals surface area contributed by atoms with Gasteiger partial charge in [-0.25, -0.2) is 9.59 Å². The Kier molecular flexibility index (Phi) is 114. The lowest BCUT2D eigenvalue weighted by Gasteiger charge is -2.11. The molecule has 8 heteroatoms. The van der Waals surface area contributed by atoms with Crippen LogP contribution in [-0.4, -0.2) is 48.1 Å². The van der Waals surface area contributed by atoms with E-state index >= 15 is 0 Å². The van der Waals surface area contributed by atoms with E-state index in [1.165, 1.54) is 6.92 Å². The Balaban J connectivity index is -0.0000000281. The SMILES string of the molecule is C.C.C.C.C.C.C.C.C.C.C.C.C=CC(=O)OCOc1ccc(C(=O)OC(C)CC)cc1.CCC(C)O.CCC(C)OC(C)=O. The summed E-state index contributed by atoms with van der Waals surface area (Å²) >= 11 is 0. The second-order valence-corrected chi connectivity index (χ2v) is 7.16. The minimum Gasteiger partial charge on any atom is -0.463 e. The summed E-state index contributed by atoms with van der Waals surface area (Å²) in [5.41, 5.74) is 0.445. The van der Waals surface area contributed by atoms with E-state index in [9.17, 15) is 14.4 Å². The summed E-state index contributed by atoms with van der Waals surface area (Å²) < 4.78 is 19.8. The van der Waals surface area contributed by atoms with Gasteiger partial charge in [0.1, 0.15) is 5.75 Å². The molecule has 3 atom stereocenters. The second-order valence-electron chi connectivity index (χ2n) is 7.16. The van der Waals surface area contributed by atoms with Crippen LogP contribution in [0.15, 0.2) is 36.9 Å². The highest BCUT2D eigenvalue weighted by Gasteiger charge is 2.10. The van der Waals surface area contributed by atoms with Gasteiger partial charge in [-0.2, -0.15) is 0 Å². The summed E-state index contributed by atoms with van der Waals surface area (Å²) in [6.45, 7) is 15.8. The Morgan fingerprint density at radius 2 is 1.07 bits per heavy atom. The van der Waals surface area contributed by atoms with Gasteiger partial charge in [-0.1, -0.05) is 116 Å². The molecule has 0 spiro atoms. The largest absolute Gasteiger partial charge is 0.463 e. The zero-order valence-electron chi connectivity index (χ0n) is 21.0. The zero-order chi connectivity index (χ0) is 25.8. The number of ether oxygens (including phenoxy) is 4. The van der Waals surface area contributed by atoms with Crippen LogP contribution in [0.1, 0.15) is 167 Å². The van der Waals surface area contributed by atoms with Crippen molar-refractivity contribution in [3.63, 3.8) is 0 Å². The zero-order valence-corrected chi connectivity index (χ0v) is 21.0. The molecule has 284 valence electrons. The molecule has 0 saturated carbocycles. The van der Waals surface area contributed by atoms with Crippen LogP contribution in [0, 0.1) is 0 Å². The summed E-state index contributed by atoms with van der Waals surface area (Å²) in [7, 11) is 0. The van der Waals surface area contributed by atoms with Crippen molar-refractivity contribution >= 4 is 17.9 Å². The molecule has 0 aliphatic carbocycles. The monoisotopic (exact) mass is 661 g/mol. The molecule has 0 amide bonds. The highest BCUT2D eigenvalue weighted by atomic mass is 16.7. The quantitative estimate of drug-likeness (QED) is 0.114. The molecule has 0 heterocycles. The van der Waals surface area contributed by atoms with Crippen molar-refractivity contribution in [2.24, 2.45) is 0 Å². The van der Waals surface area contributed by atoms with Crippen LogP contribution in [0.2, 0.25) is 0 Å². The van der Waals surface area contributed by atoms with Crippen molar-refractivity contribution in [2.75, 3.05) is 6.79 Å². The average Bonchev–Trinajstić information content (AvgIpc) is 2.79. The number of aliphatic hydroxyl groups excluding tert-OH is 1. The fraction of sp³-hybridized carbons (Fsp3) is 0.703. The first-order valence-electron chi connectivity index (χ1n) is 11.1. The maximum atomic E-state index is 11.7. The van der Waals surface area contributed by atoms with Gasteiger partial charge in [-0.05, 0) is 64.3 Å². The van der Waals surface area contributed by atoms with Crippen LogP contribution in [0.3, 0.4) is 0 Å². The first-order chi connectivity index (χ1) is 15.5. The smallest absolute Gasteiger partial charge is 0.338 e. The van der Waals surface area contributed by atoms with Crippen LogP contribution >= 0.6 is 0 Å². The number of rotatable bonds is 10. The number of hydrogen-bond acceptors (Lipinski definition) is 8. The lowest BCUT2D eigenvalue weighted by molar-refractivity contribution is -0.146. The van der Waals surface area contributed by atoms with Gasteiger partial charge in [-0.3, -0.25) is 4.79 Å². The third-order valence-electron chi connectivity index (χ3n) is 4.10. The summed E-state index contributed by atoms with van der Waals surface area (Å²) in [4.78, 5) is 32.7. The van der Waals surface area contributed by atoms with Crippen LogP contribution in [-0.2, 0) is 23.8 Å². The Morgan fingerprint density at radius 3 is 1.33 bits per heavy atom. The van der Waals surface area contributed by atoms with Crippen molar-refractivity contribution in [3.8, 4) is 5.75 Å². The maximum absolute atomic E-state index is 11.7. The van der Waals surface area contributed by atoms with Crippen LogP contribution in [0.5, 0.6) is 5.75 Å². The van der Waals surface area contributed by atoms with Gasteiger partial charge in [0.15, 0.2) is 0 Å². The Hall–Kier alpha value is -2.87.